The summed E-state index contributed by atoms with van der Waals surface area (Å²) in [5.74, 6) is -0.501. The van der Waals surface area contributed by atoms with Crippen molar-refractivity contribution in [3.63, 3.8) is 0 Å². The van der Waals surface area contributed by atoms with Crippen LogP contribution in [0.2, 0.25) is 0 Å². The monoisotopic (exact) mass is 447 g/mol. The molecule has 2 aliphatic rings. The van der Waals surface area contributed by atoms with E-state index in [1.807, 2.05) is 38.1 Å². The van der Waals surface area contributed by atoms with Crippen LogP contribution in [0.15, 0.2) is 42.0 Å². The Kier molecular flexibility index (Phi) is 5.45. The summed E-state index contributed by atoms with van der Waals surface area (Å²) < 4.78 is 0. The van der Waals surface area contributed by atoms with Crippen LogP contribution in [-0.4, -0.2) is 29.5 Å². The molecule has 2 aromatic carbocycles. The SMILES string of the molecule is Cc1ccc(N2C(=O)/C(=C\c3cc4c(cc3C)N(C)C(C)(C)CC4C)C(=O)NC2=S)cc1. The first kappa shape index (κ1) is 22.2. The Bertz CT molecular complexity index is 1160. The van der Waals surface area contributed by atoms with Crippen LogP contribution in [0.25, 0.3) is 6.08 Å². The first-order valence-electron chi connectivity index (χ1n) is 10.9. The Morgan fingerprint density at radius 1 is 1.12 bits per heavy atom. The van der Waals surface area contributed by atoms with Crippen molar-refractivity contribution in [2.75, 3.05) is 16.8 Å². The first-order valence-corrected chi connectivity index (χ1v) is 11.3. The number of aryl methyl sites for hydroxylation is 2. The predicted octanol–water partition coefficient (Wildman–Crippen LogP) is 4.86. The molecule has 32 heavy (non-hydrogen) atoms. The van der Waals surface area contributed by atoms with Crippen LogP contribution in [0.5, 0.6) is 0 Å². The number of hydrogen-bond acceptors (Lipinski definition) is 4. The molecule has 0 aromatic heterocycles. The summed E-state index contributed by atoms with van der Waals surface area (Å²) in [6.07, 6.45) is 2.73. The molecule has 1 fully saturated rings. The van der Waals surface area contributed by atoms with E-state index in [1.165, 1.54) is 16.2 Å². The Morgan fingerprint density at radius 2 is 1.78 bits per heavy atom. The maximum atomic E-state index is 13.3. The molecule has 6 heteroatoms. The lowest BCUT2D eigenvalue weighted by molar-refractivity contribution is -0.122. The van der Waals surface area contributed by atoms with E-state index >= 15 is 0 Å². The third kappa shape index (κ3) is 3.73. The van der Waals surface area contributed by atoms with Crippen LogP contribution < -0.4 is 15.1 Å². The molecule has 4 rings (SSSR count). The molecule has 2 heterocycles. The minimum absolute atomic E-state index is 0.0717. The molecule has 1 saturated heterocycles. The van der Waals surface area contributed by atoms with Crippen molar-refractivity contribution >= 4 is 46.6 Å². The summed E-state index contributed by atoms with van der Waals surface area (Å²) in [5, 5.41) is 2.77. The van der Waals surface area contributed by atoms with Gasteiger partial charge in [-0.2, -0.15) is 0 Å². The number of carbonyl (C=O) groups excluding carboxylic acids is 2. The third-order valence-electron chi connectivity index (χ3n) is 6.72. The second kappa shape index (κ2) is 7.85. The molecule has 0 radical (unpaired) electrons. The summed E-state index contributed by atoms with van der Waals surface area (Å²) in [4.78, 5) is 29.8. The number of rotatable bonds is 2. The zero-order valence-electron chi connectivity index (χ0n) is 19.4. The molecule has 0 saturated carbocycles. The van der Waals surface area contributed by atoms with E-state index in [-0.39, 0.29) is 16.2 Å². The quantitative estimate of drug-likeness (QED) is 0.406. The van der Waals surface area contributed by atoms with Gasteiger partial charge in [-0.3, -0.25) is 19.8 Å². The second-order valence-corrected chi connectivity index (χ2v) is 9.92. The van der Waals surface area contributed by atoms with Crippen molar-refractivity contribution in [1.82, 2.24) is 5.32 Å². The molecule has 2 amide bonds. The maximum Gasteiger partial charge on any atom is 0.270 e. The number of carbonyl (C=O) groups is 2. The van der Waals surface area contributed by atoms with Crippen molar-refractivity contribution in [2.45, 2.75) is 52.5 Å². The van der Waals surface area contributed by atoms with Crippen LogP contribution in [0.1, 0.15) is 55.4 Å². The fourth-order valence-electron chi connectivity index (χ4n) is 4.63. The largest absolute Gasteiger partial charge is 0.369 e. The summed E-state index contributed by atoms with van der Waals surface area (Å²) in [6.45, 7) is 10.7. The van der Waals surface area contributed by atoms with E-state index < -0.39 is 11.8 Å². The fraction of sp³-hybridized carbons (Fsp3) is 0.346. The molecule has 0 spiro atoms. The highest BCUT2D eigenvalue weighted by Gasteiger charge is 2.36. The molecular weight excluding hydrogens is 418 g/mol. The average Bonchev–Trinajstić information content (AvgIpc) is 2.71. The van der Waals surface area contributed by atoms with Gasteiger partial charge in [0.15, 0.2) is 5.11 Å². The molecule has 2 aliphatic heterocycles. The van der Waals surface area contributed by atoms with E-state index in [0.29, 0.717) is 11.6 Å². The summed E-state index contributed by atoms with van der Waals surface area (Å²) in [6, 6.07) is 11.8. The van der Waals surface area contributed by atoms with Gasteiger partial charge in [0.25, 0.3) is 11.8 Å². The van der Waals surface area contributed by atoms with Gasteiger partial charge < -0.3 is 4.90 Å². The summed E-state index contributed by atoms with van der Waals surface area (Å²) in [5.41, 5.74) is 6.20. The van der Waals surface area contributed by atoms with Gasteiger partial charge in [-0.05, 0) is 99.3 Å². The molecule has 166 valence electrons. The lowest BCUT2D eigenvalue weighted by Gasteiger charge is -2.45. The van der Waals surface area contributed by atoms with Gasteiger partial charge in [0.2, 0.25) is 0 Å². The van der Waals surface area contributed by atoms with Crippen LogP contribution in [0.4, 0.5) is 11.4 Å². The number of nitrogens with zero attached hydrogens (tertiary/aromatic N) is 2. The normalized spacial score (nSPS) is 21.6. The number of benzene rings is 2. The minimum atomic E-state index is -0.466. The second-order valence-electron chi connectivity index (χ2n) is 9.54. The number of amides is 2. The maximum absolute atomic E-state index is 13.3. The van der Waals surface area contributed by atoms with Gasteiger partial charge in [-0.25, -0.2) is 0 Å². The number of thiocarbonyl (C=S) groups is 1. The van der Waals surface area contributed by atoms with Gasteiger partial charge in [-0.15, -0.1) is 0 Å². The fourth-order valence-corrected chi connectivity index (χ4v) is 4.91. The average molecular weight is 448 g/mol. The number of fused-ring (bicyclic) bond motifs is 1. The number of hydrogen-bond donors (Lipinski definition) is 1. The molecule has 2 aromatic rings. The Hall–Kier alpha value is -2.99. The molecule has 5 nitrogen and oxygen atoms in total. The summed E-state index contributed by atoms with van der Waals surface area (Å²) in [7, 11) is 2.13. The van der Waals surface area contributed by atoms with E-state index in [2.05, 4.69) is 50.2 Å². The Balaban J connectivity index is 1.77. The molecule has 1 N–H and O–H groups in total. The first-order chi connectivity index (χ1) is 15.0. The Morgan fingerprint density at radius 3 is 2.44 bits per heavy atom. The zero-order valence-corrected chi connectivity index (χ0v) is 20.3. The molecule has 1 atom stereocenters. The Labute approximate surface area is 195 Å². The molecule has 0 aliphatic carbocycles. The van der Waals surface area contributed by atoms with Gasteiger partial charge >= 0.3 is 0 Å². The molecule has 1 unspecified atom stereocenters. The van der Waals surface area contributed by atoms with Gasteiger partial charge in [0.1, 0.15) is 5.57 Å². The van der Waals surface area contributed by atoms with E-state index in [9.17, 15) is 9.59 Å². The van der Waals surface area contributed by atoms with Crippen LogP contribution >= 0.6 is 12.2 Å². The van der Waals surface area contributed by atoms with Gasteiger partial charge in [0.05, 0.1) is 5.69 Å². The third-order valence-corrected chi connectivity index (χ3v) is 7.00. The lowest BCUT2D eigenvalue weighted by atomic mass is 9.79. The van der Waals surface area contributed by atoms with Crippen molar-refractivity contribution in [3.8, 4) is 0 Å². The number of nitrogens with one attached hydrogen (secondary N) is 1. The van der Waals surface area contributed by atoms with Crippen molar-refractivity contribution in [3.05, 3.63) is 64.2 Å². The highest BCUT2D eigenvalue weighted by molar-refractivity contribution is 7.80. The topological polar surface area (TPSA) is 52.7 Å². The minimum Gasteiger partial charge on any atom is -0.369 e. The van der Waals surface area contributed by atoms with Crippen molar-refractivity contribution in [2.24, 2.45) is 0 Å². The van der Waals surface area contributed by atoms with Crippen molar-refractivity contribution in [1.29, 1.82) is 0 Å². The standard InChI is InChI=1S/C26H29N3O2S/c1-15-7-9-19(10-8-15)29-24(31)21(23(30)27-25(29)32)13-18-12-20-17(3)14-26(4,5)28(6)22(20)11-16(18)2/h7-13,17H,14H2,1-6H3,(H,27,30,32)/b21-13-. The highest BCUT2D eigenvalue weighted by atomic mass is 32.1. The van der Waals surface area contributed by atoms with Crippen molar-refractivity contribution < 1.29 is 9.59 Å². The number of anilines is 2. The smallest absolute Gasteiger partial charge is 0.270 e. The van der Waals surface area contributed by atoms with Gasteiger partial charge in [-0.1, -0.05) is 24.6 Å². The van der Waals surface area contributed by atoms with E-state index in [0.717, 1.165) is 23.1 Å². The van der Waals surface area contributed by atoms with Gasteiger partial charge in [0, 0.05) is 18.3 Å². The molecule has 0 bridgehead atoms. The van der Waals surface area contributed by atoms with E-state index in [1.54, 1.807) is 6.08 Å². The van der Waals surface area contributed by atoms with Crippen LogP contribution in [-0.2, 0) is 9.59 Å². The van der Waals surface area contributed by atoms with E-state index in [4.69, 9.17) is 12.2 Å². The highest BCUT2D eigenvalue weighted by Crippen LogP contribution is 2.43. The molecular formula is C26H29N3O2S. The summed E-state index contributed by atoms with van der Waals surface area (Å²) >= 11 is 5.31. The lowest BCUT2D eigenvalue weighted by Crippen LogP contribution is -2.54. The van der Waals surface area contributed by atoms with Crippen LogP contribution in [0.3, 0.4) is 0 Å². The predicted molar refractivity (Wildman–Crippen MR) is 134 cm³/mol. The van der Waals surface area contributed by atoms with Crippen LogP contribution in [0, 0.1) is 13.8 Å². The zero-order chi connectivity index (χ0) is 23.4.